The fraction of sp³-hybridized carbons (Fsp3) is 0. The third kappa shape index (κ3) is 2.61. The van der Waals surface area contributed by atoms with Gasteiger partial charge < -0.3 is 4.84 Å². The largest absolute Gasteiger partial charge is 0.382 e. The van der Waals surface area contributed by atoms with E-state index in [4.69, 9.17) is 16.4 Å². The second-order valence-electron chi connectivity index (χ2n) is 3.00. The van der Waals surface area contributed by atoms with Gasteiger partial charge >= 0.3 is 0 Å². The summed E-state index contributed by atoms with van der Waals surface area (Å²) in [5.41, 5.74) is 2.75. The molecule has 0 radical (unpaired) electrons. The van der Waals surface area contributed by atoms with Crippen LogP contribution in [0, 0.1) is 5.82 Å². The molecule has 0 aliphatic rings. The summed E-state index contributed by atoms with van der Waals surface area (Å²) in [6.07, 6.45) is 1.50. The molecule has 0 saturated heterocycles. The maximum atomic E-state index is 13.2. The van der Waals surface area contributed by atoms with Gasteiger partial charge in [0.2, 0.25) is 0 Å². The van der Waals surface area contributed by atoms with E-state index in [1.54, 1.807) is 24.3 Å². The second kappa shape index (κ2) is 4.81. The van der Waals surface area contributed by atoms with Gasteiger partial charge in [-0.1, -0.05) is 23.7 Å². The molecule has 1 aromatic carbocycles. The predicted molar refractivity (Wildman–Crippen MR) is 59.9 cm³/mol. The van der Waals surface area contributed by atoms with Gasteiger partial charge in [0.25, 0.3) is 0 Å². The van der Waals surface area contributed by atoms with Gasteiger partial charge in [-0.2, -0.15) is 0 Å². The van der Waals surface area contributed by atoms with Crippen LogP contribution in [0.1, 0.15) is 0 Å². The summed E-state index contributed by atoms with van der Waals surface area (Å²) in [5, 5.41) is 0.313. The van der Waals surface area contributed by atoms with Gasteiger partial charge in [0, 0.05) is 18.3 Å². The van der Waals surface area contributed by atoms with E-state index in [2.05, 4.69) is 10.5 Å². The minimum Gasteiger partial charge on any atom is -0.382 e. The van der Waals surface area contributed by atoms with E-state index in [0.29, 0.717) is 10.9 Å². The molecule has 16 heavy (non-hydrogen) atoms. The van der Waals surface area contributed by atoms with Crippen LogP contribution in [0.4, 0.5) is 10.1 Å². The van der Waals surface area contributed by atoms with Gasteiger partial charge in [0.05, 0.1) is 0 Å². The molecule has 1 aromatic heterocycles. The van der Waals surface area contributed by atoms with Crippen LogP contribution < -0.4 is 10.3 Å². The molecule has 1 heterocycles. The lowest BCUT2D eigenvalue weighted by Crippen LogP contribution is -2.06. The molecular weight excluding hydrogens is 231 g/mol. The minimum absolute atomic E-state index is 0.260. The van der Waals surface area contributed by atoms with Crippen molar-refractivity contribution in [1.29, 1.82) is 0 Å². The van der Waals surface area contributed by atoms with Gasteiger partial charge in [-0.25, -0.2) is 14.9 Å². The molecule has 0 atom stereocenters. The molecule has 0 aliphatic heterocycles. The number of nitrogens with one attached hydrogen (secondary N) is 1. The molecule has 0 unspecified atom stereocenters. The molecule has 0 aliphatic carbocycles. The Morgan fingerprint density at radius 2 is 2.06 bits per heavy atom. The lowest BCUT2D eigenvalue weighted by Gasteiger charge is -2.08. The summed E-state index contributed by atoms with van der Waals surface area (Å²) in [6, 6.07) is 9.34. The van der Waals surface area contributed by atoms with E-state index >= 15 is 0 Å². The number of rotatable bonds is 3. The molecule has 2 rings (SSSR count). The average Bonchev–Trinajstić information content (AvgIpc) is 2.28. The van der Waals surface area contributed by atoms with Crippen molar-refractivity contribution in [3.8, 4) is 5.75 Å². The normalized spacial score (nSPS) is 9.88. The van der Waals surface area contributed by atoms with Crippen LogP contribution in [0.2, 0.25) is 5.15 Å². The van der Waals surface area contributed by atoms with Gasteiger partial charge in [0.15, 0.2) is 5.75 Å². The molecule has 2 aromatic rings. The monoisotopic (exact) mass is 238 g/mol. The van der Waals surface area contributed by atoms with Crippen molar-refractivity contribution in [2.24, 2.45) is 0 Å². The number of anilines is 1. The first-order valence-corrected chi connectivity index (χ1v) is 4.92. The molecule has 0 amide bonds. The van der Waals surface area contributed by atoms with Gasteiger partial charge in [-0.15, -0.1) is 0 Å². The highest BCUT2D eigenvalue weighted by molar-refractivity contribution is 6.29. The van der Waals surface area contributed by atoms with Crippen molar-refractivity contribution in [2.75, 3.05) is 5.48 Å². The zero-order valence-corrected chi connectivity index (χ0v) is 8.91. The van der Waals surface area contributed by atoms with Gasteiger partial charge in [-0.05, 0) is 12.1 Å². The number of pyridine rings is 1. The highest BCUT2D eigenvalue weighted by Gasteiger charge is 2.01. The average molecular weight is 239 g/mol. The third-order valence-corrected chi connectivity index (χ3v) is 2.06. The maximum Gasteiger partial charge on any atom is 0.159 e. The minimum atomic E-state index is -0.386. The van der Waals surface area contributed by atoms with Gasteiger partial charge in [0.1, 0.15) is 16.7 Å². The first-order valence-electron chi connectivity index (χ1n) is 4.54. The van der Waals surface area contributed by atoms with Crippen molar-refractivity contribution in [3.63, 3.8) is 0 Å². The Kier molecular flexibility index (Phi) is 3.22. The van der Waals surface area contributed by atoms with E-state index in [9.17, 15) is 4.39 Å². The summed E-state index contributed by atoms with van der Waals surface area (Å²) in [6.45, 7) is 0. The van der Waals surface area contributed by atoms with Crippen molar-refractivity contribution >= 4 is 17.3 Å². The van der Waals surface area contributed by atoms with Crippen LogP contribution in [-0.2, 0) is 0 Å². The molecule has 0 spiro atoms. The zero-order chi connectivity index (χ0) is 11.4. The molecule has 0 fully saturated rings. The van der Waals surface area contributed by atoms with E-state index in [1.165, 1.54) is 18.3 Å². The molecule has 5 heteroatoms. The van der Waals surface area contributed by atoms with E-state index in [-0.39, 0.29) is 11.5 Å². The highest BCUT2D eigenvalue weighted by atomic mass is 35.5. The van der Waals surface area contributed by atoms with Gasteiger partial charge in [-0.3, -0.25) is 0 Å². The fourth-order valence-electron chi connectivity index (χ4n) is 1.11. The number of para-hydroxylation sites is 1. The smallest absolute Gasteiger partial charge is 0.159 e. The highest BCUT2D eigenvalue weighted by Crippen LogP contribution is 2.17. The van der Waals surface area contributed by atoms with Crippen LogP contribution >= 0.6 is 11.6 Å². The van der Waals surface area contributed by atoms with Crippen molar-refractivity contribution in [2.45, 2.75) is 0 Å². The number of hydrogen-bond acceptors (Lipinski definition) is 3. The van der Waals surface area contributed by atoms with E-state index < -0.39 is 0 Å². The Morgan fingerprint density at radius 3 is 2.81 bits per heavy atom. The Morgan fingerprint density at radius 1 is 1.25 bits per heavy atom. The van der Waals surface area contributed by atoms with Crippen LogP contribution in [0.25, 0.3) is 0 Å². The lowest BCUT2D eigenvalue weighted by molar-refractivity contribution is 0.400. The number of halogens is 2. The van der Waals surface area contributed by atoms with Crippen LogP contribution in [0.15, 0.2) is 42.6 Å². The summed E-state index contributed by atoms with van der Waals surface area (Å²) >= 11 is 5.66. The van der Waals surface area contributed by atoms with Crippen molar-refractivity contribution in [3.05, 3.63) is 53.6 Å². The quantitative estimate of drug-likeness (QED) is 0.658. The summed E-state index contributed by atoms with van der Waals surface area (Å²) in [7, 11) is 0. The van der Waals surface area contributed by atoms with Crippen LogP contribution in [0.5, 0.6) is 5.75 Å². The van der Waals surface area contributed by atoms with E-state index in [1.807, 2.05) is 0 Å². The molecule has 82 valence electrons. The fourth-order valence-corrected chi connectivity index (χ4v) is 1.27. The number of benzene rings is 1. The molecule has 1 N–H and O–H groups in total. The third-order valence-electron chi connectivity index (χ3n) is 1.85. The standard InChI is InChI=1S/C11H8ClFN2O/c12-11-7-8(5-6-14-11)16-15-10-4-2-1-3-9(10)13/h1-7,15H. The first kappa shape index (κ1) is 10.7. The number of aromatic nitrogens is 1. The van der Waals surface area contributed by atoms with E-state index in [0.717, 1.165) is 0 Å². The summed E-state index contributed by atoms with van der Waals surface area (Å²) < 4.78 is 13.2. The number of hydrogen-bond donors (Lipinski definition) is 1. The topological polar surface area (TPSA) is 34.1 Å². The predicted octanol–water partition coefficient (Wildman–Crippen LogP) is 3.28. The maximum absolute atomic E-state index is 13.2. The summed E-state index contributed by atoms with van der Waals surface area (Å²) in [4.78, 5) is 8.94. The molecule has 3 nitrogen and oxygen atoms in total. The lowest BCUT2D eigenvalue weighted by atomic mass is 10.3. The molecular formula is C11H8ClFN2O. The summed E-state index contributed by atoms with van der Waals surface area (Å²) in [5.74, 6) is 0.0749. The first-order chi connectivity index (χ1) is 7.75. The van der Waals surface area contributed by atoms with Crippen molar-refractivity contribution in [1.82, 2.24) is 4.98 Å². The van der Waals surface area contributed by atoms with Crippen molar-refractivity contribution < 1.29 is 9.23 Å². The SMILES string of the molecule is Fc1ccccc1NOc1ccnc(Cl)c1. The Balaban J connectivity index is 2.05. The molecule has 0 bridgehead atoms. The Bertz CT molecular complexity index is 493. The Labute approximate surface area is 96.8 Å². The Hall–Kier alpha value is -1.81. The van der Waals surface area contributed by atoms with Crippen LogP contribution in [0.3, 0.4) is 0 Å². The molecule has 0 saturated carbocycles. The zero-order valence-electron chi connectivity index (χ0n) is 8.15. The van der Waals surface area contributed by atoms with Crippen LogP contribution in [-0.4, -0.2) is 4.98 Å². The number of nitrogens with zero attached hydrogens (tertiary/aromatic N) is 1. The second-order valence-corrected chi connectivity index (χ2v) is 3.39.